The fraction of sp³-hybridized carbons (Fsp3) is 1.00. The van der Waals surface area contributed by atoms with Gasteiger partial charge in [-0.2, -0.15) is 0 Å². The van der Waals surface area contributed by atoms with E-state index in [-0.39, 0.29) is 12.4 Å². The third kappa shape index (κ3) is 1.63. The highest BCUT2D eigenvalue weighted by molar-refractivity contribution is 5.85. The second kappa shape index (κ2) is 2.50. The molecule has 0 aromatic carbocycles. The molecule has 0 saturated heterocycles. The minimum atomic E-state index is 0. The van der Waals surface area contributed by atoms with Crippen molar-refractivity contribution in [1.29, 1.82) is 0 Å². The van der Waals surface area contributed by atoms with Crippen molar-refractivity contribution in [2.24, 2.45) is 5.73 Å². The SMILES string of the molecule is CO[C@@H]1C[C@H]1N.Cl. The summed E-state index contributed by atoms with van der Waals surface area (Å²) in [5.41, 5.74) is 5.35. The second-order valence-electron chi connectivity index (χ2n) is 1.67. The number of rotatable bonds is 1. The molecule has 1 aliphatic carbocycles. The Kier molecular flexibility index (Phi) is 2.58. The van der Waals surface area contributed by atoms with Crippen molar-refractivity contribution in [3.63, 3.8) is 0 Å². The quantitative estimate of drug-likeness (QED) is 0.539. The molecule has 1 aliphatic rings. The molecule has 0 amide bonds. The van der Waals surface area contributed by atoms with E-state index < -0.39 is 0 Å². The largest absolute Gasteiger partial charge is 0.380 e. The molecular weight excluding hydrogens is 114 g/mol. The van der Waals surface area contributed by atoms with Crippen LogP contribution in [0.5, 0.6) is 0 Å². The third-order valence-electron chi connectivity index (χ3n) is 1.08. The average molecular weight is 124 g/mol. The zero-order chi connectivity index (χ0) is 4.57. The van der Waals surface area contributed by atoms with Crippen LogP contribution in [0.15, 0.2) is 0 Å². The molecule has 2 nitrogen and oxygen atoms in total. The van der Waals surface area contributed by atoms with Crippen LogP contribution in [0.3, 0.4) is 0 Å². The summed E-state index contributed by atoms with van der Waals surface area (Å²) in [7, 11) is 1.69. The Morgan fingerprint density at radius 3 is 2.14 bits per heavy atom. The Bertz CT molecular complexity index is 57.7. The van der Waals surface area contributed by atoms with Gasteiger partial charge in [0, 0.05) is 13.2 Å². The highest BCUT2D eigenvalue weighted by Gasteiger charge is 2.32. The van der Waals surface area contributed by atoms with E-state index in [4.69, 9.17) is 10.5 Å². The van der Waals surface area contributed by atoms with Crippen LogP contribution in [0.25, 0.3) is 0 Å². The van der Waals surface area contributed by atoms with E-state index in [0.29, 0.717) is 12.1 Å². The maximum absolute atomic E-state index is 5.35. The summed E-state index contributed by atoms with van der Waals surface area (Å²) in [5.74, 6) is 0. The molecule has 1 rings (SSSR count). The molecule has 7 heavy (non-hydrogen) atoms. The van der Waals surface area contributed by atoms with Crippen LogP contribution in [0.4, 0.5) is 0 Å². The van der Waals surface area contributed by atoms with Gasteiger partial charge in [-0.05, 0) is 6.42 Å². The van der Waals surface area contributed by atoms with Gasteiger partial charge >= 0.3 is 0 Å². The van der Waals surface area contributed by atoms with Crippen LogP contribution in [-0.4, -0.2) is 19.3 Å². The van der Waals surface area contributed by atoms with Gasteiger partial charge in [0.2, 0.25) is 0 Å². The minimum Gasteiger partial charge on any atom is -0.380 e. The van der Waals surface area contributed by atoms with Gasteiger partial charge in [-0.3, -0.25) is 0 Å². The van der Waals surface area contributed by atoms with Crippen LogP contribution in [0.2, 0.25) is 0 Å². The lowest BCUT2D eigenvalue weighted by Gasteiger charge is -1.85. The predicted octanol–water partition coefficient (Wildman–Crippen LogP) is 0.154. The maximum Gasteiger partial charge on any atom is 0.0738 e. The number of methoxy groups -OCH3 is 1. The molecule has 0 aromatic rings. The van der Waals surface area contributed by atoms with Crippen molar-refractivity contribution in [2.45, 2.75) is 18.6 Å². The summed E-state index contributed by atoms with van der Waals surface area (Å²) in [6.45, 7) is 0. The lowest BCUT2D eigenvalue weighted by Crippen LogP contribution is -2.05. The molecule has 0 bridgehead atoms. The Morgan fingerprint density at radius 1 is 1.71 bits per heavy atom. The lowest BCUT2D eigenvalue weighted by molar-refractivity contribution is 0.178. The summed E-state index contributed by atoms with van der Waals surface area (Å²) in [6.07, 6.45) is 1.43. The van der Waals surface area contributed by atoms with E-state index in [2.05, 4.69) is 0 Å². The summed E-state index contributed by atoms with van der Waals surface area (Å²) < 4.78 is 4.85. The van der Waals surface area contributed by atoms with E-state index in [1.54, 1.807) is 7.11 Å². The highest BCUT2D eigenvalue weighted by Crippen LogP contribution is 2.20. The Balaban J connectivity index is 0.000000360. The monoisotopic (exact) mass is 123 g/mol. The van der Waals surface area contributed by atoms with E-state index in [1.165, 1.54) is 0 Å². The Morgan fingerprint density at radius 2 is 2.14 bits per heavy atom. The molecule has 0 unspecified atom stereocenters. The van der Waals surface area contributed by atoms with Crippen LogP contribution in [-0.2, 0) is 4.74 Å². The van der Waals surface area contributed by atoms with E-state index in [9.17, 15) is 0 Å². The van der Waals surface area contributed by atoms with Crippen molar-refractivity contribution in [1.82, 2.24) is 0 Å². The van der Waals surface area contributed by atoms with Crippen LogP contribution < -0.4 is 5.73 Å². The Labute approximate surface area is 49.4 Å². The van der Waals surface area contributed by atoms with Gasteiger partial charge in [0.05, 0.1) is 6.10 Å². The average Bonchev–Trinajstić information content (AvgIpc) is 2.19. The Hall–Kier alpha value is 0.210. The number of ether oxygens (including phenoxy) is 1. The van der Waals surface area contributed by atoms with Gasteiger partial charge in [-0.25, -0.2) is 0 Å². The molecule has 0 radical (unpaired) electrons. The van der Waals surface area contributed by atoms with Crippen molar-refractivity contribution < 1.29 is 4.74 Å². The van der Waals surface area contributed by atoms with Gasteiger partial charge < -0.3 is 10.5 Å². The number of halogens is 1. The molecule has 44 valence electrons. The normalized spacial score (nSPS) is 36.9. The number of hydrogen-bond donors (Lipinski definition) is 1. The molecule has 2 atom stereocenters. The third-order valence-corrected chi connectivity index (χ3v) is 1.08. The molecule has 0 spiro atoms. The molecule has 1 fully saturated rings. The summed E-state index contributed by atoms with van der Waals surface area (Å²) in [5, 5.41) is 0. The van der Waals surface area contributed by atoms with Gasteiger partial charge in [-0.15, -0.1) is 12.4 Å². The predicted molar refractivity (Wildman–Crippen MR) is 30.6 cm³/mol. The summed E-state index contributed by atoms with van der Waals surface area (Å²) in [6, 6.07) is 0.343. The first-order valence-electron chi connectivity index (χ1n) is 2.13. The van der Waals surface area contributed by atoms with Gasteiger partial charge in [0.25, 0.3) is 0 Å². The minimum absolute atomic E-state index is 0. The molecule has 0 aromatic heterocycles. The zero-order valence-electron chi connectivity index (χ0n) is 4.26. The van der Waals surface area contributed by atoms with Crippen molar-refractivity contribution >= 4 is 12.4 Å². The smallest absolute Gasteiger partial charge is 0.0738 e. The van der Waals surface area contributed by atoms with Crippen molar-refractivity contribution in [3.05, 3.63) is 0 Å². The molecule has 1 saturated carbocycles. The number of hydrogen-bond acceptors (Lipinski definition) is 2. The van der Waals surface area contributed by atoms with Crippen LogP contribution >= 0.6 is 12.4 Å². The lowest BCUT2D eigenvalue weighted by atomic mass is 10.7. The fourth-order valence-corrected chi connectivity index (χ4v) is 0.461. The summed E-state index contributed by atoms with van der Waals surface area (Å²) >= 11 is 0. The van der Waals surface area contributed by atoms with Crippen molar-refractivity contribution in [2.75, 3.05) is 7.11 Å². The fourth-order valence-electron chi connectivity index (χ4n) is 0.461. The molecule has 0 aliphatic heterocycles. The zero-order valence-corrected chi connectivity index (χ0v) is 5.07. The first-order valence-corrected chi connectivity index (χ1v) is 2.13. The maximum atomic E-state index is 5.35. The second-order valence-corrected chi connectivity index (χ2v) is 1.67. The van der Waals surface area contributed by atoms with E-state index in [1.807, 2.05) is 0 Å². The van der Waals surface area contributed by atoms with Gasteiger partial charge in [-0.1, -0.05) is 0 Å². The van der Waals surface area contributed by atoms with Crippen LogP contribution in [0.1, 0.15) is 6.42 Å². The highest BCUT2D eigenvalue weighted by atomic mass is 35.5. The molecule has 2 N–H and O–H groups in total. The molecule has 3 heteroatoms. The first-order chi connectivity index (χ1) is 2.84. The van der Waals surface area contributed by atoms with Crippen LogP contribution in [0, 0.1) is 0 Å². The van der Waals surface area contributed by atoms with E-state index in [0.717, 1.165) is 6.42 Å². The van der Waals surface area contributed by atoms with E-state index >= 15 is 0 Å². The van der Waals surface area contributed by atoms with Gasteiger partial charge in [0.1, 0.15) is 0 Å². The molecular formula is C4H10ClNO. The van der Waals surface area contributed by atoms with Crippen molar-refractivity contribution in [3.8, 4) is 0 Å². The number of nitrogens with two attached hydrogens (primary N) is 1. The summed E-state index contributed by atoms with van der Waals surface area (Å²) in [4.78, 5) is 0. The first kappa shape index (κ1) is 7.21. The van der Waals surface area contributed by atoms with Gasteiger partial charge in [0.15, 0.2) is 0 Å². The molecule has 0 heterocycles. The standard InChI is InChI=1S/C4H9NO.ClH/c1-6-4-2-3(4)5;/h3-4H,2,5H2,1H3;1H/t3-,4-;/m1./s1. The topological polar surface area (TPSA) is 35.2 Å².